The lowest BCUT2D eigenvalue weighted by Crippen LogP contribution is -2.19. The number of carbonyl (C=O) groups is 2. The van der Waals surface area contributed by atoms with Gasteiger partial charge in [-0.2, -0.15) is 26.3 Å². The average molecular weight is 312 g/mol. The zero-order valence-electron chi connectivity index (χ0n) is 10.5. The Kier molecular flexibility index (Phi) is 8.28. The van der Waals surface area contributed by atoms with Crippen LogP contribution in [0.4, 0.5) is 26.3 Å². The molecule has 0 rings (SSSR count). The molecule has 0 aromatic rings. The van der Waals surface area contributed by atoms with Crippen molar-refractivity contribution in [3.63, 3.8) is 0 Å². The Morgan fingerprint density at radius 1 is 0.800 bits per heavy atom. The number of aliphatic carboxylic acids is 2. The Morgan fingerprint density at radius 3 is 1.05 bits per heavy atom. The minimum atomic E-state index is -4.38. The fourth-order valence-corrected chi connectivity index (χ4v) is 0.869. The summed E-state index contributed by atoms with van der Waals surface area (Å²) in [4.78, 5) is 19.8. The Hall–Kier alpha value is -1.48. The van der Waals surface area contributed by atoms with Crippen LogP contribution in [0.25, 0.3) is 0 Å². The standard InChI is InChI=1S/2C5H7F3O2/c2*1-3(4(9)10)2-5(6,7)8/h2*3H,2H2,1H3,(H,9,10)/t2*3-/m11/s1. The van der Waals surface area contributed by atoms with E-state index in [2.05, 4.69) is 0 Å². The lowest BCUT2D eigenvalue weighted by atomic mass is 10.1. The van der Waals surface area contributed by atoms with E-state index in [1.165, 1.54) is 0 Å². The zero-order valence-corrected chi connectivity index (χ0v) is 10.5. The van der Waals surface area contributed by atoms with Crippen LogP contribution in [0, 0.1) is 11.8 Å². The van der Waals surface area contributed by atoms with Gasteiger partial charge in [0.05, 0.1) is 24.7 Å². The summed E-state index contributed by atoms with van der Waals surface area (Å²) in [5.41, 5.74) is 0. The second kappa shape index (κ2) is 7.95. The predicted octanol–water partition coefficient (Wildman–Crippen LogP) is 3.32. The van der Waals surface area contributed by atoms with E-state index in [0.29, 0.717) is 0 Å². The summed E-state index contributed by atoms with van der Waals surface area (Å²) in [7, 11) is 0. The molecule has 10 heteroatoms. The fraction of sp³-hybridized carbons (Fsp3) is 0.800. The first-order chi connectivity index (χ1) is 8.65. The fourth-order valence-electron chi connectivity index (χ4n) is 0.869. The zero-order chi connectivity index (χ0) is 16.7. The van der Waals surface area contributed by atoms with E-state index in [9.17, 15) is 35.9 Å². The molecule has 0 aromatic heterocycles. The largest absolute Gasteiger partial charge is 0.481 e. The molecule has 0 heterocycles. The van der Waals surface area contributed by atoms with Crippen LogP contribution in [0.1, 0.15) is 26.7 Å². The molecule has 0 unspecified atom stereocenters. The van der Waals surface area contributed by atoms with Gasteiger partial charge >= 0.3 is 24.3 Å². The summed E-state index contributed by atoms with van der Waals surface area (Å²) in [5.74, 6) is -5.53. The molecule has 0 fully saturated rings. The van der Waals surface area contributed by atoms with Crippen molar-refractivity contribution < 1.29 is 46.1 Å². The van der Waals surface area contributed by atoms with Crippen LogP contribution in [0.5, 0.6) is 0 Å². The molecule has 2 atom stereocenters. The first kappa shape index (κ1) is 20.8. The Labute approximate surface area is 110 Å². The second-order valence-corrected chi connectivity index (χ2v) is 4.12. The van der Waals surface area contributed by atoms with Gasteiger partial charge in [-0.1, -0.05) is 13.8 Å². The predicted molar refractivity (Wildman–Crippen MR) is 54.9 cm³/mol. The molecule has 0 amide bonds. The number of hydrogen-bond donors (Lipinski definition) is 2. The van der Waals surface area contributed by atoms with Crippen molar-refractivity contribution in [1.29, 1.82) is 0 Å². The summed E-state index contributed by atoms with van der Waals surface area (Å²) in [6.07, 6.45) is -11.3. The highest BCUT2D eigenvalue weighted by Gasteiger charge is 2.33. The van der Waals surface area contributed by atoms with Crippen LogP contribution in [-0.4, -0.2) is 34.5 Å². The number of halogens is 6. The van der Waals surface area contributed by atoms with E-state index < -0.39 is 49.0 Å². The van der Waals surface area contributed by atoms with Crippen molar-refractivity contribution in [3.05, 3.63) is 0 Å². The molecule has 4 nitrogen and oxygen atoms in total. The molecule has 0 radical (unpaired) electrons. The van der Waals surface area contributed by atoms with E-state index in [0.717, 1.165) is 13.8 Å². The monoisotopic (exact) mass is 312 g/mol. The van der Waals surface area contributed by atoms with Crippen molar-refractivity contribution in [2.75, 3.05) is 0 Å². The van der Waals surface area contributed by atoms with E-state index >= 15 is 0 Å². The molecule has 0 aliphatic heterocycles. The smallest absolute Gasteiger partial charge is 0.389 e. The average Bonchev–Trinajstić information content (AvgIpc) is 2.12. The molecule has 2 N–H and O–H groups in total. The molecule has 0 aliphatic rings. The van der Waals surface area contributed by atoms with Crippen LogP contribution >= 0.6 is 0 Å². The number of carboxylic acid groups (broad SMARTS) is 2. The maximum absolute atomic E-state index is 11.4. The number of carboxylic acids is 2. The molecule has 0 bridgehead atoms. The van der Waals surface area contributed by atoms with Gasteiger partial charge in [-0.05, 0) is 0 Å². The molecule has 0 aliphatic carbocycles. The molecule has 0 spiro atoms. The van der Waals surface area contributed by atoms with Gasteiger partial charge in [0.2, 0.25) is 0 Å². The number of hydrogen-bond acceptors (Lipinski definition) is 2. The van der Waals surface area contributed by atoms with Crippen LogP contribution in [0.3, 0.4) is 0 Å². The lowest BCUT2D eigenvalue weighted by Gasteiger charge is -2.08. The molecule has 120 valence electrons. The molecule has 0 aromatic carbocycles. The first-order valence-corrected chi connectivity index (χ1v) is 5.25. The SMILES string of the molecule is C[C@H](CC(F)(F)F)C(=O)O.C[C@H](CC(F)(F)F)C(=O)O. The summed E-state index contributed by atoms with van der Waals surface area (Å²) in [6, 6.07) is 0. The van der Waals surface area contributed by atoms with Gasteiger partial charge < -0.3 is 10.2 Å². The van der Waals surface area contributed by atoms with Gasteiger partial charge in [-0.15, -0.1) is 0 Å². The van der Waals surface area contributed by atoms with Gasteiger partial charge in [0, 0.05) is 0 Å². The van der Waals surface area contributed by atoms with E-state index in [1.54, 1.807) is 0 Å². The van der Waals surface area contributed by atoms with Gasteiger partial charge in [0.15, 0.2) is 0 Å². The number of rotatable bonds is 4. The molecular formula is C10H14F6O4. The van der Waals surface area contributed by atoms with Gasteiger partial charge in [-0.3, -0.25) is 9.59 Å². The van der Waals surface area contributed by atoms with Crippen LogP contribution in [0.2, 0.25) is 0 Å². The second-order valence-electron chi connectivity index (χ2n) is 4.12. The minimum Gasteiger partial charge on any atom is -0.481 e. The van der Waals surface area contributed by atoms with Gasteiger partial charge in [0.1, 0.15) is 0 Å². The first-order valence-electron chi connectivity index (χ1n) is 5.25. The van der Waals surface area contributed by atoms with Crippen molar-refractivity contribution in [2.24, 2.45) is 11.8 Å². The van der Waals surface area contributed by atoms with Crippen molar-refractivity contribution in [2.45, 2.75) is 39.0 Å². The maximum atomic E-state index is 11.4. The highest BCUT2D eigenvalue weighted by atomic mass is 19.4. The quantitative estimate of drug-likeness (QED) is 0.781. The Bertz CT molecular complexity index is 291. The van der Waals surface area contributed by atoms with Crippen LogP contribution in [0.15, 0.2) is 0 Å². The summed E-state index contributed by atoms with van der Waals surface area (Å²) in [6.45, 7) is 2.05. The van der Waals surface area contributed by atoms with E-state index in [4.69, 9.17) is 10.2 Å². The summed E-state index contributed by atoms with van der Waals surface area (Å²) >= 11 is 0. The Balaban J connectivity index is 0. The van der Waals surface area contributed by atoms with Crippen molar-refractivity contribution in [1.82, 2.24) is 0 Å². The normalized spacial score (nSPS) is 14.8. The molecule has 0 saturated carbocycles. The highest BCUT2D eigenvalue weighted by molar-refractivity contribution is 5.69. The van der Waals surface area contributed by atoms with Gasteiger partial charge in [-0.25, -0.2) is 0 Å². The topological polar surface area (TPSA) is 74.6 Å². The third kappa shape index (κ3) is 14.6. The minimum absolute atomic E-state index is 1.02. The van der Waals surface area contributed by atoms with Crippen LogP contribution in [-0.2, 0) is 9.59 Å². The Morgan fingerprint density at radius 2 is 1.00 bits per heavy atom. The highest BCUT2D eigenvalue weighted by Crippen LogP contribution is 2.25. The third-order valence-corrected chi connectivity index (χ3v) is 1.92. The van der Waals surface area contributed by atoms with Gasteiger partial charge in [0.25, 0.3) is 0 Å². The third-order valence-electron chi connectivity index (χ3n) is 1.92. The van der Waals surface area contributed by atoms with Crippen molar-refractivity contribution in [3.8, 4) is 0 Å². The lowest BCUT2D eigenvalue weighted by molar-refractivity contribution is -0.162. The van der Waals surface area contributed by atoms with E-state index in [-0.39, 0.29) is 0 Å². The number of alkyl halides is 6. The molecule has 20 heavy (non-hydrogen) atoms. The molecule has 0 saturated heterocycles. The van der Waals surface area contributed by atoms with E-state index in [1.807, 2.05) is 0 Å². The van der Waals surface area contributed by atoms with Crippen LogP contribution < -0.4 is 0 Å². The molecular weight excluding hydrogens is 298 g/mol. The summed E-state index contributed by atoms with van der Waals surface area (Å²) < 4.78 is 68.4. The van der Waals surface area contributed by atoms with Crippen molar-refractivity contribution >= 4 is 11.9 Å². The maximum Gasteiger partial charge on any atom is 0.389 e. The summed E-state index contributed by atoms with van der Waals surface area (Å²) in [5, 5.41) is 16.1.